The van der Waals surface area contributed by atoms with E-state index in [0.29, 0.717) is 11.1 Å². The lowest BCUT2D eigenvalue weighted by Crippen LogP contribution is -2.34. The lowest BCUT2D eigenvalue weighted by molar-refractivity contribution is -0.132. The van der Waals surface area contributed by atoms with Crippen molar-refractivity contribution in [3.8, 4) is 0 Å². The van der Waals surface area contributed by atoms with Gasteiger partial charge < -0.3 is 9.32 Å². The first-order chi connectivity index (χ1) is 10.6. The minimum absolute atomic E-state index is 0.0535. The summed E-state index contributed by atoms with van der Waals surface area (Å²) in [5.41, 5.74) is 1.10. The lowest BCUT2D eigenvalue weighted by Gasteiger charge is -2.23. The topological polar surface area (TPSA) is 68.3 Å². The van der Waals surface area contributed by atoms with Gasteiger partial charge in [0.05, 0.1) is 11.6 Å². The number of hydrogen-bond acceptors (Lipinski definition) is 5. The van der Waals surface area contributed by atoms with Crippen LogP contribution in [-0.4, -0.2) is 27.4 Å². The van der Waals surface area contributed by atoms with Gasteiger partial charge in [0.2, 0.25) is 5.91 Å². The summed E-state index contributed by atoms with van der Waals surface area (Å²) in [6.45, 7) is 1.86. The fourth-order valence-corrected chi connectivity index (χ4v) is 2.97. The largest absolute Gasteiger partial charge is 0.420 e. The van der Waals surface area contributed by atoms with E-state index in [4.69, 9.17) is 4.42 Å². The van der Waals surface area contributed by atoms with Crippen molar-refractivity contribution < 1.29 is 9.21 Å². The average Bonchev–Trinajstić information content (AvgIpc) is 3.15. The average molecular weight is 317 g/mol. The van der Waals surface area contributed by atoms with Crippen LogP contribution in [0.15, 0.2) is 45.1 Å². The number of carbonyl (C=O) groups is 1. The number of benzene rings is 1. The summed E-state index contributed by atoms with van der Waals surface area (Å²) in [6, 6.07) is 6.92. The van der Waals surface area contributed by atoms with Gasteiger partial charge >= 0.3 is 5.76 Å². The number of para-hydroxylation sites is 2. The maximum Gasteiger partial charge on any atom is 0.420 e. The molecule has 0 aliphatic carbocycles. The van der Waals surface area contributed by atoms with E-state index in [9.17, 15) is 9.59 Å². The second-order valence-corrected chi connectivity index (χ2v) is 5.90. The molecule has 2 aromatic heterocycles. The Balaban J connectivity index is 1.84. The highest BCUT2D eigenvalue weighted by atomic mass is 32.1. The number of carbonyl (C=O) groups excluding carboxylic acids is 1. The Hall–Kier alpha value is -2.41. The molecule has 0 saturated heterocycles. The minimum atomic E-state index is -0.523. The van der Waals surface area contributed by atoms with E-state index < -0.39 is 5.76 Å². The molecule has 114 valence electrons. The third kappa shape index (κ3) is 2.55. The van der Waals surface area contributed by atoms with Crippen LogP contribution in [0, 0.1) is 0 Å². The number of aromatic nitrogens is 2. The van der Waals surface area contributed by atoms with E-state index in [2.05, 4.69) is 4.98 Å². The molecule has 1 aromatic carbocycles. The van der Waals surface area contributed by atoms with E-state index in [-0.39, 0.29) is 18.5 Å². The van der Waals surface area contributed by atoms with Crippen molar-refractivity contribution in [2.45, 2.75) is 19.5 Å². The van der Waals surface area contributed by atoms with Crippen LogP contribution in [0.4, 0.5) is 0 Å². The molecule has 0 radical (unpaired) electrons. The Labute approximate surface area is 130 Å². The Morgan fingerprint density at radius 3 is 2.95 bits per heavy atom. The van der Waals surface area contributed by atoms with Crippen LogP contribution in [0.25, 0.3) is 11.1 Å². The maximum atomic E-state index is 12.4. The van der Waals surface area contributed by atoms with Crippen LogP contribution in [0.3, 0.4) is 0 Å². The van der Waals surface area contributed by atoms with E-state index in [1.54, 1.807) is 42.4 Å². The summed E-state index contributed by atoms with van der Waals surface area (Å²) in [4.78, 5) is 30.2. The maximum absolute atomic E-state index is 12.4. The molecular formula is C15H15N3O3S. The SMILES string of the molecule is CC(c1nccs1)N(C)C(=O)Cn1c(=O)oc2ccccc21. The number of hydrogen-bond donors (Lipinski definition) is 0. The summed E-state index contributed by atoms with van der Waals surface area (Å²) in [7, 11) is 1.71. The molecule has 3 aromatic rings. The number of nitrogens with zero attached hydrogens (tertiary/aromatic N) is 3. The molecule has 0 aliphatic rings. The van der Waals surface area contributed by atoms with E-state index in [1.807, 2.05) is 12.3 Å². The molecule has 0 spiro atoms. The molecule has 1 atom stereocenters. The summed E-state index contributed by atoms with van der Waals surface area (Å²) in [5.74, 6) is -0.693. The molecular weight excluding hydrogens is 302 g/mol. The van der Waals surface area contributed by atoms with Gasteiger partial charge in [-0.2, -0.15) is 0 Å². The smallest absolute Gasteiger partial charge is 0.408 e. The second kappa shape index (κ2) is 5.76. The van der Waals surface area contributed by atoms with Crippen molar-refractivity contribution in [3.63, 3.8) is 0 Å². The Bertz CT molecular complexity index is 850. The number of fused-ring (bicyclic) bond motifs is 1. The van der Waals surface area contributed by atoms with Crippen molar-refractivity contribution in [2.75, 3.05) is 7.05 Å². The predicted octanol–water partition coefficient (Wildman–Crippen LogP) is 2.27. The summed E-state index contributed by atoms with van der Waals surface area (Å²) >= 11 is 1.50. The van der Waals surface area contributed by atoms with Crippen LogP contribution < -0.4 is 5.76 Å². The molecule has 22 heavy (non-hydrogen) atoms. The molecule has 1 amide bonds. The number of rotatable bonds is 4. The molecule has 0 N–H and O–H groups in total. The van der Waals surface area contributed by atoms with E-state index >= 15 is 0 Å². The second-order valence-electron chi connectivity index (χ2n) is 4.97. The number of oxazole rings is 1. The van der Waals surface area contributed by atoms with Crippen molar-refractivity contribution in [2.24, 2.45) is 0 Å². The summed E-state index contributed by atoms with van der Waals surface area (Å²) < 4.78 is 6.49. The summed E-state index contributed by atoms with van der Waals surface area (Å²) in [5, 5.41) is 2.73. The van der Waals surface area contributed by atoms with Crippen LogP contribution in [0.5, 0.6) is 0 Å². The van der Waals surface area contributed by atoms with Gasteiger partial charge in [-0.15, -0.1) is 11.3 Å². The fourth-order valence-electron chi connectivity index (χ4n) is 2.23. The summed E-state index contributed by atoms with van der Waals surface area (Å²) in [6.07, 6.45) is 1.71. The molecule has 0 saturated carbocycles. The van der Waals surface area contributed by atoms with Crippen molar-refractivity contribution in [1.29, 1.82) is 0 Å². The van der Waals surface area contributed by atoms with Crippen molar-refractivity contribution >= 4 is 28.3 Å². The van der Waals surface area contributed by atoms with Gasteiger partial charge in [0.25, 0.3) is 0 Å². The first-order valence-electron chi connectivity index (χ1n) is 6.81. The molecule has 7 heteroatoms. The zero-order valence-corrected chi connectivity index (χ0v) is 13.0. The molecule has 2 heterocycles. The van der Waals surface area contributed by atoms with Crippen LogP contribution in [0.2, 0.25) is 0 Å². The molecule has 6 nitrogen and oxygen atoms in total. The van der Waals surface area contributed by atoms with Crippen LogP contribution in [0.1, 0.15) is 18.0 Å². The number of thiazole rings is 1. The Morgan fingerprint density at radius 1 is 1.45 bits per heavy atom. The van der Waals surface area contributed by atoms with Crippen molar-refractivity contribution in [3.05, 3.63) is 51.4 Å². The number of amides is 1. The first kappa shape index (κ1) is 14.5. The van der Waals surface area contributed by atoms with Gasteiger partial charge in [0, 0.05) is 18.6 Å². The predicted molar refractivity (Wildman–Crippen MR) is 83.8 cm³/mol. The van der Waals surface area contributed by atoms with E-state index in [0.717, 1.165) is 5.01 Å². The number of likely N-dealkylation sites (N-methyl/N-ethyl adjacent to an activating group) is 1. The highest BCUT2D eigenvalue weighted by Gasteiger charge is 2.21. The van der Waals surface area contributed by atoms with Crippen LogP contribution in [-0.2, 0) is 11.3 Å². The zero-order chi connectivity index (χ0) is 15.7. The van der Waals surface area contributed by atoms with Gasteiger partial charge in [-0.25, -0.2) is 9.78 Å². The van der Waals surface area contributed by atoms with Gasteiger partial charge in [0.1, 0.15) is 11.6 Å². The molecule has 0 fully saturated rings. The van der Waals surface area contributed by atoms with Crippen LogP contribution >= 0.6 is 11.3 Å². The normalized spacial score (nSPS) is 12.5. The Morgan fingerprint density at radius 2 is 2.23 bits per heavy atom. The van der Waals surface area contributed by atoms with Gasteiger partial charge in [-0.05, 0) is 19.1 Å². The fraction of sp³-hybridized carbons (Fsp3) is 0.267. The minimum Gasteiger partial charge on any atom is -0.408 e. The van der Waals surface area contributed by atoms with E-state index in [1.165, 1.54) is 15.9 Å². The first-order valence-corrected chi connectivity index (χ1v) is 7.69. The monoisotopic (exact) mass is 317 g/mol. The molecule has 0 bridgehead atoms. The highest BCUT2D eigenvalue weighted by Crippen LogP contribution is 2.21. The third-order valence-electron chi connectivity index (χ3n) is 3.65. The molecule has 1 unspecified atom stereocenters. The molecule has 0 aliphatic heterocycles. The van der Waals surface area contributed by atoms with Gasteiger partial charge in [0.15, 0.2) is 5.58 Å². The Kier molecular flexibility index (Phi) is 3.81. The van der Waals surface area contributed by atoms with Crippen molar-refractivity contribution in [1.82, 2.24) is 14.5 Å². The third-order valence-corrected chi connectivity index (χ3v) is 4.60. The van der Waals surface area contributed by atoms with Gasteiger partial charge in [-0.3, -0.25) is 9.36 Å². The highest BCUT2D eigenvalue weighted by molar-refractivity contribution is 7.09. The van der Waals surface area contributed by atoms with Gasteiger partial charge in [-0.1, -0.05) is 12.1 Å². The quantitative estimate of drug-likeness (QED) is 0.740. The lowest BCUT2D eigenvalue weighted by atomic mass is 10.3. The zero-order valence-electron chi connectivity index (χ0n) is 12.2. The standard InChI is InChI=1S/C15H15N3O3S/c1-10(14-16-7-8-22-14)17(2)13(19)9-18-11-5-3-4-6-12(11)21-15(18)20/h3-8,10H,9H2,1-2H3. The molecule has 3 rings (SSSR count).